The third-order valence-electron chi connectivity index (χ3n) is 2.92. The van der Waals surface area contributed by atoms with Gasteiger partial charge in [-0.15, -0.1) is 0 Å². The third-order valence-corrected chi connectivity index (χ3v) is 2.92. The van der Waals surface area contributed by atoms with Gasteiger partial charge in [-0.25, -0.2) is 4.79 Å². The van der Waals surface area contributed by atoms with Gasteiger partial charge in [0.2, 0.25) is 12.7 Å². The maximum absolute atomic E-state index is 11.3. The van der Waals surface area contributed by atoms with Gasteiger partial charge in [-0.05, 0) is 24.6 Å². The van der Waals surface area contributed by atoms with Gasteiger partial charge in [-0.2, -0.15) is 0 Å². The molecule has 1 aromatic carbocycles. The average molecular weight is 265 g/mol. The molecule has 19 heavy (non-hydrogen) atoms. The number of benzene rings is 1. The van der Waals surface area contributed by atoms with Crippen LogP contribution in [0, 0.1) is 0 Å². The van der Waals surface area contributed by atoms with E-state index in [1.807, 2.05) is 0 Å². The van der Waals surface area contributed by atoms with E-state index in [2.05, 4.69) is 5.32 Å². The Hall–Kier alpha value is -2.24. The van der Waals surface area contributed by atoms with E-state index in [1.165, 1.54) is 13.8 Å². The Morgan fingerprint density at radius 1 is 1.37 bits per heavy atom. The van der Waals surface area contributed by atoms with Crippen LogP contribution in [0.1, 0.15) is 19.4 Å². The molecule has 0 bridgehead atoms. The lowest BCUT2D eigenvalue weighted by atomic mass is 9.92. The first-order chi connectivity index (χ1) is 8.90. The van der Waals surface area contributed by atoms with Gasteiger partial charge in [0.05, 0.1) is 0 Å². The van der Waals surface area contributed by atoms with Gasteiger partial charge in [0.25, 0.3) is 0 Å². The fraction of sp³-hybridized carbons (Fsp3) is 0.385. The number of hydrogen-bond donors (Lipinski definition) is 2. The molecule has 1 amide bonds. The number of carbonyl (C=O) groups excluding carboxylic acids is 1. The molecule has 1 aliphatic heterocycles. The molecule has 0 aliphatic carbocycles. The fourth-order valence-corrected chi connectivity index (χ4v) is 2.02. The number of nitrogens with one attached hydrogen (secondary N) is 1. The summed E-state index contributed by atoms with van der Waals surface area (Å²) >= 11 is 0. The molecular weight excluding hydrogens is 250 g/mol. The Morgan fingerprint density at radius 2 is 2.05 bits per heavy atom. The molecule has 6 heteroatoms. The van der Waals surface area contributed by atoms with Crippen LogP contribution in [0.4, 0.5) is 0 Å². The Balaban J connectivity index is 2.22. The van der Waals surface area contributed by atoms with Crippen molar-refractivity contribution in [2.75, 3.05) is 6.79 Å². The van der Waals surface area contributed by atoms with Gasteiger partial charge in [-0.1, -0.05) is 6.07 Å². The number of ether oxygens (including phenoxy) is 2. The number of hydrogen-bond acceptors (Lipinski definition) is 4. The molecule has 2 N–H and O–H groups in total. The second-order valence-electron chi connectivity index (χ2n) is 4.68. The molecular formula is C13H15NO5. The van der Waals surface area contributed by atoms with E-state index in [1.54, 1.807) is 18.2 Å². The minimum Gasteiger partial charge on any atom is -0.480 e. The minimum absolute atomic E-state index is 0.165. The highest BCUT2D eigenvalue weighted by Crippen LogP contribution is 2.33. The predicted molar refractivity (Wildman–Crippen MR) is 66.1 cm³/mol. The van der Waals surface area contributed by atoms with Crippen molar-refractivity contribution in [3.63, 3.8) is 0 Å². The largest absolute Gasteiger partial charge is 0.480 e. The second kappa shape index (κ2) is 4.79. The maximum atomic E-state index is 11.3. The minimum atomic E-state index is -1.35. The quantitative estimate of drug-likeness (QED) is 0.846. The first-order valence-electron chi connectivity index (χ1n) is 5.81. The molecule has 0 spiro atoms. The summed E-state index contributed by atoms with van der Waals surface area (Å²) in [7, 11) is 0. The number of carboxylic acids is 1. The molecule has 0 radical (unpaired) electrons. The molecule has 0 fully saturated rings. The number of amides is 1. The Bertz CT molecular complexity index is 528. The number of aliphatic carboxylic acids is 1. The zero-order valence-corrected chi connectivity index (χ0v) is 10.7. The van der Waals surface area contributed by atoms with Gasteiger partial charge in [0, 0.05) is 13.3 Å². The van der Waals surface area contributed by atoms with Crippen LogP contribution in [0.25, 0.3) is 0 Å². The highest BCUT2D eigenvalue weighted by atomic mass is 16.7. The van der Waals surface area contributed by atoms with Crippen molar-refractivity contribution in [2.45, 2.75) is 25.8 Å². The van der Waals surface area contributed by atoms with Crippen molar-refractivity contribution in [2.24, 2.45) is 0 Å². The number of rotatable bonds is 4. The van der Waals surface area contributed by atoms with Crippen LogP contribution in [0.2, 0.25) is 0 Å². The van der Waals surface area contributed by atoms with Crippen molar-refractivity contribution in [1.82, 2.24) is 5.32 Å². The number of fused-ring (bicyclic) bond motifs is 1. The molecule has 0 saturated carbocycles. The number of carbonyl (C=O) groups is 2. The maximum Gasteiger partial charge on any atom is 0.329 e. The van der Waals surface area contributed by atoms with Gasteiger partial charge in [-0.3, -0.25) is 4.79 Å². The summed E-state index contributed by atoms with van der Waals surface area (Å²) in [6, 6.07) is 5.22. The molecule has 0 saturated heterocycles. The summed E-state index contributed by atoms with van der Waals surface area (Å²) in [4.78, 5) is 22.4. The van der Waals surface area contributed by atoms with E-state index >= 15 is 0 Å². The normalized spacial score (nSPS) is 15.7. The fourth-order valence-electron chi connectivity index (χ4n) is 2.02. The van der Waals surface area contributed by atoms with Crippen molar-refractivity contribution >= 4 is 11.9 Å². The smallest absolute Gasteiger partial charge is 0.329 e. The van der Waals surface area contributed by atoms with Crippen LogP contribution >= 0.6 is 0 Å². The molecule has 6 nitrogen and oxygen atoms in total. The molecule has 1 aromatic rings. The van der Waals surface area contributed by atoms with E-state index in [4.69, 9.17) is 9.47 Å². The number of carboxylic acid groups (broad SMARTS) is 1. The molecule has 2 rings (SSSR count). The summed E-state index contributed by atoms with van der Waals surface area (Å²) in [5.41, 5.74) is -0.595. The monoisotopic (exact) mass is 265 g/mol. The standard InChI is InChI=1S/C13H15NO5/c1-8(15)14-13(2,12(16)17)6-9-3-4-10-11(5-9)19-7-18-10/h3-5H,6-7H2,1-2H3,(H,14,15)(H,16,17). The predicted octanol–water partition coefficient (Wildman–Crippen LogP) is 0.937. The van der Waals surface area contributed by atoms with Gasteiger partial charge < -0.3 is 19.9 Å². The average Bonchev–Trinajstić information content (AvgIpc) is 2.74. The molecule has 1 heterocycles. The van der Waals surface area contributed by atoms with Crippen molar-refractivity contribution in [3.8, 4) is 11.5 Å². The topological polar surface area (TPSA) is 84.9 Å². The first-order valence-corrected chi connectivity index (χ1v) is 5.81. The summed E-state index contributed by atoms with van der Waals surface area (Å²) in [6.45, 7) is 2.93. The summed E-state index contributed by atoms with van der Waals surface area (Å²) in [5, 5.41) is 11.7. The van der Waals surface area contributed by atoms with Crippen molar-refractivity contribution in [1.29, 1.82) is 0 Å². The molecule has 0 aromatic heterocycles. The van der Waals surface area contributed by atoms with Crippen LogP contribution in [-0.4, -0.2) is 29.3 Å². The van der Waals surface area contributed by atoms with Crippen LogP contribution in [-0.2, 0) is 16.0 Å². The van der Waals surface area contributed by atoms with Crippen molar-refractivity contribution in [3.05, 3.63) is 23.8 Å². The van der Waals surface area contributed by atoms with E-state index in [9.17, 15) is 14.7 Å². The summed E-state index contributed by atoms with van der Waals surface area (Å²) in [6.07, 6.45) is 0.165. The Morgan fingerprint density at radius 3 is 2.68 bits per heavy atom. The molecule has 1 atom stereocenters. The van der Waals surface area contributed by atoms with E-state index in [-0.39, 0.29) is 19.1 Å². The van der Waals surface area contributed by atoms with E-state index in [0.717, 1.165) is 5.56 Å². The Kier molecular flexibility index (Phi) is 3.33. The first kappa shape index (κ1) is 13.2. The zero-order chi connectivity index (χ0) is 14.0. The van der Waals surface area contributed by atoms with E-state index < -0.39 is 11.5 Å². The third kappa shape index (κ3) is 2.78. The lowest BCUT2D eigenvalue weighted by molar-refractivity contribution is -0.146. The van der Waals surface area contributed by atoms with Gasteiger partial charge >= 0.3 is 5.97 Å². The summed E-state index contributed by atoms with van der Waals surface area (Å²) < 4.78 is 10.4. The van der Waals surface area contributed by atoms with Crippen LogP contribution in [0.3, 0.4) is 0 Å². The zero-order valence-electron chi connectivity index (χ0n) is 10.7. The van der Waals surface area contributed by atoms with Crippen molar-refractivity contribution < 1.29 is 24.2 Å². The molecule has 1 aliphatic rings. The van der Waals surface area contributed by atoms with Crippen LogP contribution < -0.4 is 14.8 Å². The highest BCUT2D eigenvalue weighted by Gasteiger charge is 2.34. The van der Waals surface area contributed by atoms with Gasteiger partial charge in [0.1, 0.15) is 5.54 Å². The summed E-state index contributed by atoms with van der Waals surface area (Å²) in [5.74, 6) is -0.237. The highest BCUT2D eigenvalue weighted by molar-refractivity contribution is 5.85. The van der Waals surface area contributed by atoms with E-state index in [0.29, 0.717) is 11.5 Å². The lowest BCUT2D eigenvalue weighted by Crippen LogP contribution is -2.53. The van der Waals surface area contributed by atoms with Crippen LogP contribution in [0.15, 0.2) is 18.2 Å². The Labute approximate surface area is 110 Å². The lowest BCUT2D eigenvalue weighted by Gasteiger charge is -2.25. The second-order valence-corrected chi connectivity index (χ2v) is 4.68. The SMILES string of the molecule is CC(=O)NC(C)(Cc1ccc2c(c1)OCO2)C(=O)O. The van der Waals surface area contributed by atoms with Gasteiger partial charge in [0.15, 0.2) is 11.5 Å². The molecule has 1 unspecified atom stereocenters. The van der Waals surface area contributed by atoms with Crippen LogP contribution in [0.5, 0.6) is 11.5 Å². The molecule has 102 valence electrons.